The molecular weight excluding hydrogens is 298 g/mol. The Hall–Kier alpha value is -1.50. The topological polar surface area (TPSA) is 79.9 Å². The minimum Gasteiger partial charge on any atom is -0.444 e. The van der Waals surface area contributed by atoms with Crippen molar-refractivity contribution in [2.75, 3.05) is 6.54 Å². The molecule has 1 saturated carbocycles. The monoisotopic (exact) mass is 327 g/mol. The Morgan fingerprint density at radius 1 is 1.30 bits per heavy atom. The van der Waals surface area contributed by atoms with E-state index < -0.39 is 17.4 Å². The van der Waals surface area contributed by atoms with E-state index >= 15 is 0 Å². The highest BCUT2D eigenvalue weighted by molar-refractivity contribution is 5.75. The van der Waals surface area contributed by atoms with E-state index in [4.69, 9.17) is 9.47 Å². The maximum Gasteiger partial charge on any atom is 0.412 e. The number of amides is 3. The maximum absolute atomic E-state index is 12.6. The number of rotatable bonds is 3. The highest BCUT2D eigenvalue weighted by Gasteiger charge is 2.49. The van der Waals surface area contributed by atoms with Gasteiger partial charge in [0.15, 0.2) is 0 Å². The third-order valence-electron chi connectivity index (χ3n) is 3.90. The third-order valence-corrected chi connectivity index (χ3v) is 3.90. The van der Waals surface area contributed by atoms with Gasteiger partial charge in [-0.3, -0.25) is 4.90 Å². The summed E-state index contributed by atoms with van der Waals surface area (Å²) >= 11 is 0. The summed E-state index contributed by atoms with van der Waals surface area (Å²) < 4.78 is 11.4. The van der Waals surface area contributed by atoms with Gasteiger partial charge in [0.2, 0.25) is 0 Å². The fourth-order valence-electron chi connectivity index (χ4n) is 2.78. The molecule has 3 amide bonds. The van der Waals surface area contributed by atoms with Crippen LogP contribution in [-0.4, -0.2) is 53.1 Å². The minimum absolute atomic E-state index is 0.196. The highest BCUT2D eigenvalue weighted by atomic mass is 16.6. The van der Waals surface area contributed by atoms with Gasteiger partial charge >= 0.3 is 12.1 Å². The fraction of sp³-hybridized carbons (Fsp3) is 0.875. The Balaban J connectivity index is 2.01. The first-order valence-electron chi connectivity index (χ1n) is 8.24. The van der Waals surface area contributed by atoms with Crippen LogP contribution in [0.4, 0.5) is 9.59 Å². The average molecular weight is 327 g/mol. The second-order valence-corrected chi connectivity index (χ2v) is 7.82. The summed E-state index contributed by atoms with van der Waals surface area (Å²) in [6, 6.07) is -0.177. The molecular formula is C16H29N3O4. The van der Waals surface area contributed by atoms with Crippen molar-refractivity contribution in [3.05, 3.63) is 0 Å². The molecule has 0 bridgehead atoms. The van der Waals surface area contributed by atoms with Crippen molar-refractivity contribution < 1.29 is 19.1 Å². The zero-order valence-electron chi connectivity index (χ0n) is 14.9. The summed E-state index contributed by atoms with van der Waals surface area (Å²) in [7, 11) is 0. The van der Waals surface area contributed by atoms with Crippen molar-refractivity contribution in [2.24, 2.45) is 0 Å². The van der Waals surface area contributed by atoms with E-state index in [1.807, 2.05) is 41.5 Å². The molecule has 2 N–H and O–H groups in total. The van der Waals surface area contributed by atoms with Crippen LogP contribution >= 0.6 is 0 Å². The Bertz CT molecular complexity index is 468. The standard InChI is InChI=1S/C16H29N3O4/c1-10-12(9-17-13(20)18-11-7-8-11)19(16(5,6)22-10)14(21)23-15(2,3)4/h10-12H,7-9H2,1-6H3,(H2,17,18,20). The smallest absolute Gasteiger partial charge is 0.412 e. The molecule has 23 heavy (non-hydrogen) atoms. The first-order chi connectivity index (χ1) is 10.5. The fourth-order valence-corrected chi connectivity index (χ4v) is 2.78. The predicted molar refractivity (Wildman–Crippen MR) is 86.0 cm³/mol. The van der Waals surface area contributed by atoms with Crippen molar-refractivity contribution >= 4 is 12.1 Å². The summed E-state index contributed by atoms with van der Waals surface area (Å²) in [4.78, 5) is 26.0. The van der Waals surface area contributed by atoms with Gasteiger partial charge in [0, 0.05) is 12.6 Å². The molecule has 1 aliphatic carbocycles. The lowest BCUT2D eigenvalue weighted by molar-refractivity contribution is -0.0756. The quantitative estimate of drug-likeness (QED) is 0.833. The van der Waals surface area contributed by atoms with Crippen LogP contribution in [-0.2, 0) is 9.47 Å². The van der Waals surface area contributed by atoms with E-state index in [0.29, 0.717) is 12.6 Å². The van der Waals surface area contributed by atoms with Gasteiger partial charge in [-0.2, -0.15) is 0 Å². The highest BCUT2D eigenvalue weighted by Crippen LogP contribution is 2.33. The Morgan fingerprint density at radius 3 is 2.43 bits per heavy atom. The number of carbonyl (C=O) groups is 2. The van der Waals surface area contributed by atoms with Gasteiger partial charge in [0.1, 0.15) is 11.3 Å². The van der Waals surface area contributed by atoms with Gasteiger partial charge in [0.05, 0.1) is 12.1 Å². The number of hydrogen-bond acceptors (Lipinski definition) is 4. The van der Waals surface area contributed by atoms with Crippen LogP contribution in [0, 0.1) is 0 Å². The molecule has 132 valence electrons. The van der Waals surface area contributed by atoms with Gasteiger partial charge in [-0.1, -0.05) is 0 Å². The van der Waals surface area contributed by atoms with Gasteiger partial charge in [-0.25, -0.2) is 9.59 Å². The zero-order valence-corrected chi connectivity index (χ0v) is 14.9. The maximum atomic E-state index is 12.6. The van der Waals surface area contributed by atoms with Gasteiger partial charge in [0.25, 0.3) is 0 Å². The molecule has 0 aromatic carbocycles. The largest absolute Gasteiger partial charge is 0.444 e. The Kier molecular flexibility index (Phi) is 4.80. The van der Waals surface area contributed by atoms with Crippen LogP contribution in [0.25, 0.3) is 0 Å². The van der Waals surface area contributed by atoms with Crippen LogP contribution in [0.15, 0.2) is 0 Å². The molecule has 2 aliphatic rings. The van der Waals surface area contributed by atoms with Crippen LogP contribution in [0.5, 0.6) is 0 Å². The van der Waals surface area contributed by atoms with Crippen LogP contribution in [0.2, 0.25) is 0 Å². The minimum atomic E-state index is -0.777. The van der Waals surface area contributed by atoms with E-state index in [0.717, 1.165) is 12.8 Å². The summed E-state index contributed by atoms with van der Waals surface area (Å²) in [5.74, 6) is 0. The number of hydrogen-bond donors (Lipinski definition) is 2. The van der Waals surface area contributed by atoms with Crippen LogP contribution < -0.4 is 10.6 Å². The molecule has 0 spiro atoms. The van der Waals surface area contributed by atoms with Crippen LogP contribution in [0.3, 0.4) is 0 Å². The van der Waals surface area contributed by atoms with Gasteiger partial charge in [-0.05, 0) is 54.4 Å². The van der Waals surface area contributed by atoms with Crippen molar-refractivity contribution in [2.45, 2.75) is 83.9 Å². The molecule has 1 heterocycles. The molecule has 7 nitrogen and oxygen atoms in total. The predicted octanol–water partition coefficient (Wildman–Crippen LogP) is 2.21. The first-order valence-corrected chi connectivity index (χ1v) is 8.24. The van der Waals surface area contributed by atoms with E-state index in [1.165, 1.54) is 0 Å². The van der Waals surface area contributed by atoms with Crippen molar-refractivity contribution in [3.63, 3.8) is 0 Å². The lowest BCUT2D eigenvalue weighted by atomic mass is 10.1. The lowest BCUT2D eigenvalue weighted by Crippen LogP contribution is -2.54. The van der Waals surface area contributed by atoms with Crippen molar-refractivity contribution in [1.29, 1.82) is 0 Å². The van der Waals surface area contributed by atoms with E-state index in [-0.39, 0.29) is 18.2 Å². The summed E-state index contributed by atoms with van der Waals surface area (Å²) in [5, 5.41) is 5.70. The molecule has 0 aromatic rings. The molecule has 0 aromatic heterocycles. The number of nitrogens with one attached hydrogen (secondary N) is 2. The molecule has 2 rings (SSSR count). The number of urea groups is 1. The van der Waals surface area contributed by atoms with Crippen LogP contribution in [0.1, 0.15) is 54.4 Å². The van der Waals surface area contributed by atoms with Gasteiger partial charge in [-0.15, -0.1) is 0 Å². The molecule has 2 atom stereocenters. The lowest BCUT2D eigenvalue weighted by Gasteiger charge is -2.35. The van der Waals surface area contributed by atoms with Crippen molar-refractivity contribution in [3.8, 4) is 0 Å². The number of carbonyl (C=O) groups excluding carboxylic acids is 2. The molecule has 1 saturated heterocycles. The summed E-state index contributed by atoms with van der Waals surface area (Å²) in [5.41, 5.74) is -1.36. The average Bonchev–Trinajstić information content (AvgIpc) is 3.10. The number of ether oxygens (including phenoxy) is 2. The molecule has 1 aliphatic heterocycles. The molecule has 2 unspecified atom stereocenters. The van der Waals surface area contributed by atoms with E-state index in [1.54, 1.807) is 4.90 Å². The van der Waals surface area contributed by atoms with Crippen molar-refractivity contribution in [1.82, 2.24) is 15.5 Å². The third kappa shape index (κ3) is 4.73. The second-order valence-electron chi connectivity index (χ2n) is 7.82. The van der Waals surface area contributed by atoms with Gasteiger partial charge < -0.3 is 20.1 Å². The molecule has 2 fully saturated rings. The summed E-state index contributed by atoms with van der Waals surface area (Å²) in [6.45, 7) is 11.4. The zero-order chi connectivity index (χ0) is 17.4. The number of nitrogens with zero attached hydrogens (tertiary/aromatic N) is 1. The first kappa shape index (κ1) is 17.8. The molecule has 7 heteroatoms. The Labute approximate surface area is 138 Å². The summed E-state index contributed by atoms with van der Waals surface area (Å²) in [6.07, 6.45) is 1.45. The second kappa shape index (κ2) is 6.19. The SMILES string of the molecule is CC1OC(C)(C)N(C(=O)OC(C)(C)C)C1CNC(=O)NC1CC1. The molecule has 0 radical (unpaired) electrons. The van der Waals surface area contributed by atoms with E-state index in [9.17, 15) is 9.59 Å². The Morgan fingerprint density at radius 2 is 1.91 bits per heavy atom. The van der Waals surface area contributed by atoms with E-state index in [2.05, 4.69) is 10.6 Å². The normalized spacial score (nSPS) is 26.8.